The Kier molecular flexibility index (Phi) is 3.91. The van der Waals surface area contributed by atoms with Gasteiger partial charge in [0.2, 0.25) is 0 Å². The van der Waals surface area contributed by atoms with Gasteiger partial charge >= 0.3 is 0 Å². The molecule has 0 atom stereocenters. The van der Waals surface area contributed by atoms with E-state index in [4.69, 9.17) is 5.73 Å². The van der Waals surface area contributed by atoms with Crippen LogP contribution in [0.3, 0.4) is 0 Å². The van der Waals surface area contributed by atoms with E-state index in [-0.39, 0.29) is 22.5 Å². The van der Waals surface area contributed by atoms with Crippen molar-refractivity contribution in [2.75, 3.05) is 5.73 Å². The van der Waals surface area contributed by atoms with Crippen molar-refractivity contribution in [2.45, 2.75) is 33.7 Å². The lowest BCUT2D eigenvalue weighted by molar-refractivity contribution is 0.411. The lowest BCUT2D eigenvalue weighted by Crippen LogP contribution is -2.23. The molecular weight excluding hydrogens is 307 g/mol. The predicted molar refractivity (Wildman–Crippen MR) is 93.4 cm³/mol. The number of hydrogen-bond acceptors (Lipinski definition) is 3. The molecule has 3 N–H and O–H groups in total. The Morgan fingerprint density at radius 3 is 2.75 bits per heavy atom. The standard InChI is InChI=1S/C18H21FN4O/c1-18(2,3)7-12-5-13(19)4-11-6-14(22-16(11)12)9-23-10-21-8-15(20)17(23)24/h4-6,8,10,22H,7,9,20H2,1-3H3. The molecule has 24 heavy (non-hydrogen) atoms. The fourth-order valence-electron chi connectivity index (χ4n) is 2.90. The van der Waals surface area contributed by atoms with Crippen LogP contribution in [0.25, 0.3) is 10.9 Å². The van der Waals surface area contributed by atoms with Crippen molar-refractivity contribution in [3.8, 4) is 0 Å². The van der Waals surface area contributed by atoms with Crippen LogP contribution in [0.4, 0.5) is 10.1 Å². The van der Waals surface area contributed by atoms with Crippen molar-refractivity contribution in [3.05, 3.63) is 58.2 Å². The van der Waals surface area contributed by atoms with Crippen molar-refractivity contribution >= 4 is 16.6 Å². The second-order valence-corrected chi connectivity index (χ2v) is 7.34. The fourth-order valence-corrected chi connectivity index (χ4v) is 2.90. The summed E-state index contributed by atoms with van der Waals surface area (Å²) >= 11 is 0. The van der Waals surface area contributed by atoms with Gasteiger partial charge in [0.15, 0.2) is 0 Å². The molecular formula is C18H21FN4O. The van der Waals surface area contributed by atoms with Crippen LogP contribution in [0, 0.1) is 11.2 Å². The molecule has 2 heterocycles. The third-order valence-corrected chi connectivity index (χ3v) is 3.82. The second kappa shape index (κ2) is 5.78. The summed E-state index contributed by atoms with van der Waals surface area (Å²) < 4.78 is 15.4. The zero-order valence-corrected chi connectivity index (χ0v) is 14.1. The number of aromatic nitrogens is 3. The molecule has 0 spiro atoms. The first-order chi connectivity index (χ1) is 11.2. The van der Waals surface area contributed by atoms with E-state index >= 15 is 0 Å². The first-order valence-corrected chi connectivity index (χ1v) is 7.83. The SMILES string of the molecule is CC(C)(C)Cc1cc(F)cc2cc(Cn3cncc(N)c3=O)[nH]c12. The molecule has 0 bridgehead atoms. The quantitative estimate of drug-likeness (QED) is 0.775. The number of nitrogens with two attached hydrogens (primary N) is 1. The van der Waals surface area contributed by atoms with Gasteiger partial charge in [-0.15, -0.1) is 0 Å². The molecule has 3 aromatic rings. The number of hydrogen-bond donors (Lipinski definition) is 2. The molecule has 126 valence electrons. The number of aromatic amines is 1. The van der Waals surface area contributed by atoms with Gasteiger partial charge < -0.3 is 10.7 Å². The zero-order chi connectivity index (χ0) is 17.5. The van der Waals surface area contributed by atoms with Crippen LogP contribution in [0.15, 0.2) is 35.5 Å². The molecule has 6 heteroatoms. The van der Waals surface area contributed by atoms with Crippen molar-refractivity contribution < 1.29 is 4.39 Å². The van der Waals surface area contributed by atoms with Crippen molar-refractivity contribution in [1.29, 1.82) is 0 Å². The van der Waals surface area contributed by atoms with Gasteiger partial charge in [0.25, 0.3) is 5.56 Å². The van der Waals surface area contributed by atoms with E-state index in [2.05, 4.69) is 30.7 Å². The number of halogens is 1. The molecule has 0 aliphatic heterocycles. The number of benzene rings is 1. The number of nitrogen functional groups attached to an aromatic ring is 1. The Labute approximate surface area is 139 Å². The summed E-state index contributed by atoms with van der Waals surface area (Å²) in [6.45, 7) is 6.66. The van der Waals surface area contributed by atoms with Gasteiger partial charge in [0, 0.05) is 16.6 Å². The highest BCUT2D eigenvalue weighted by atomic mass is 19.1. The Morgan fingerprint density at radius 1 is 1.29 bits per heavy atom. The van der Waals surface area contributed by atoms with Crippen molar-refractivity contribution in [3.63, 3.8) is 0 Å². The number of rotatable bonds is 3. The van der Waals surface area contributed by atoms with Gasteiger partial charge in [0.1, 0.15) is 11.5 Å². The van der Waals surface area contributed by atoms with Gasteiger partial charge in [0.05, 0.1) is 19.1 Å². The summed E-state index contributed by atoms with van der Waals surface area (Å²) in [4.78, 5) is 19.3. The van der Waals surface area contributed by atoms with Crippen LogP contribution in [-0.4, -0.2) is 14.5 Å². The van der Waals surface area contributed by atoms with Gasteiger partial charge in [-0.05, 0) is 35.6 Å². The first kappa shape index (κ1) is 16.2. The summed E-state index contributed by atoms with van der Waals surface area (Å²) in [6.07, 6.45) is 3.53. The van der Waals surface area contributed by atoms with E-state index < -0.39 is 0 Å². The van der Waals surface area contributed by atoms with Gasteiger partial charge in [-0.1, -0.05) is 20.8 Å². The summed E-state index contributed by atoms with van der Waals surface area (Å²) in [5.74, 6) is -0.255. The second-order valence-electron chi connectivity index (χ2n) is 7.34. The topological polar surface area (TPSA) is 76.7 Å². The van der Waals surface area contributed by atoms with E-state index in [9.17, 15) is 9.18 Å². The summed E-state index contributed by atoms with van der Waals surface area (Å²) in [7, 11) is 0. The molecule has 0 saturated carbocycles. The van der Waals surface area contributed by atoms with E-state index in [1.807, 2.05) is 6.07 Å². The Hall–Kier alpha value is -2.63. The molecule has 3 rings (SSSR count). The first-order valence-electron chi connectivity index (χ1n) is 7.83. The number of anilines is 1. The molecule has 0 amide bonds. The Bertz CT molecular complexity index is 950. The lowest BCUT2D eigenvalue weighted by atomic mass is 9.87. The van der Waals surface area contributed by atoms with Crippen molar-refractivity contribution in [2.24, 2.45) is 5.41 Å². The van der Waals surface area contributed by atoms with Crippen LogP contribution < -0.4 is 11.3 Å². The van der Waals surface area contributed by atoms with E-state index in [0.717, 1.165) is 28.6 Å². The minimum absolute atomic E-state index is 0.0424. The molecule has 0 aliphatic carbocycles. The average Bonchev–Trinajstić information content (AvgIpc) is 2.85. The smallest absolute Gasteiger partial charge is 0.276 e. The minimum Gasteiger partial charge on any atom is -0.393 e. The molecule has 2 aromatic heterocycles. The Balaban J connectivity index is 2.03. The van der Waals surface area contributed by atoms with Gasteiger partial charge in [-0.25, -0.2) is 9.37 Å². The Morgan fingerprint density at radius 2 is 2.04 bits per heavy atom. The molecule has 0 aliphatic rings. The van der Waals surface area contributed by atoms with Crippen LogP contribution in [0.2, 0.25) is 0 Å². The maximum Gasteiger partial charge on any atom is 0.276 e. The van der Waals surface area contributed by atoms with E-state index in [1.165, 1.54) is 23.2 Å². The van der Waals surface area contributed by atoms with Crippen LogP contribution >= 0.6 is 0 Å². The third kappa shape index (κ3) is 3.32. The monoisotopic (exact) mass is 328 g/mol. The van der Waals surface area contributed by atoms with Gasteiger partial charge in [-0.3, -0.25) is 9.36 Å². The molecule has 1 aromatic carbocycles. The maximum atomic E-state index is 13.9. The molecule has 0 radical (unpaired) electrons. The number of nitrogens with zero attached hydrogens (tertiary/aromatic N) is 2. The van der Waals surface area contributed by atoms with Crippen LogP contribution in [0.1, 0.15) is 32.0 Å². The molecule has 0 fully saturated rings. The highest BCUT2D eigenvalue weighted by Crippen LogP contribution is 2.28. The normalized spacial score (nSPS) is 12.0. The summed E-state index contributed by atoms with van der Waals surface area (Å²) in [5.41, 5.74) is 8.11. The van der Waals surface area contributed by atoms with E-state index in [1.54, 1.807) is 6.07 Å². The van der Waals surface area contributed by atoms with Crippen LogP contribution in [0.5, 0.6) is 0 Å². The number of fused-ring (bicyclic) bond motifs is 1. The fraction of sp³-hybridized carbons (Fsp3) is 0.333. The largest absolute Gasteiger partial charge is 0.393 e. The highest BCUT2D eigenvalue weighted by molar-refractivity contribution is 5.83. The maximum absolute atomic E-state index is 13.9. The highest BCUT2D eigenvalue weighted by Gasteiger charge is 2.16. The molecule has 0 saturated heterocycles. The summed E-state index contributed by atoms with van der Waals surface area (Å²) in [6, 6.07) is 4.93. The zero-order valence-electron chi connectivity index (χ0n) is 14.1. The number of nitrogens with one attached hydrogen (secondary N) is 1. The predicted octanol–water partition coefficient (Wildman–Crippen LogP) is 3.08. The van der Waals surface area contributed by atoms with E-state index in [0.29, 0.717) is 6.54 Å². The van der Waals surface area contributed by atoms with Crippen molar-refractivity contribution in [1.82, 2.24) is 14.5 Å². The van der Waals surface area contributed by atoms with Gasteiger partial charge in [-0.2, -0.15) is 0 Å². The summed E-state index contributed by atoms with van der Waals surface area (Å²) in [5, 5.41) is 0.800. The molecule has 5 nitrogen and oxygen atoms in total. The van der Waals surface area contributed by atoms with Crippen LogP contribution in [-0.2, 0) is 13.0 Å². The number of H-pyrrole nitrogens is 1. The minimum atomic E-state index is -0.287. The third-order valence-electron chi connectivity index (χ3n) is 3.82. The molecule has 0 unspecified atom stereocenters. The average molecular weight is 328 g/mol. The lowest BCUT2D eigenvalue weighted by Gasteiger charge is -2.18.